The van der Waals surface area contributed by atoms with Crippen molar-refractivity contribution in [2.75, 3.05) is 32.7 Å². The zero-order valence-corrected chi connectivity index (χ0v) is 12.7. The van der Waals surface area contributed by atoms with Gasteiger partial charge in [-0.1, -0.05) is 20.8 Å². The third-order valence-electron chi connectivity index (χ3n) is 4.52. The summed E-state index contributed by atoms with van der Waals surface area (Å²) in [4.78, 5) is 14.3. The highest BCUT2D eigenvalue weighted by atomic mass is 16.1. The van der Waals surface area contributed by atoms with Gasteiger partial charge in [0, 0.05) is 38.1 Å². The van der Waals surface area contributed by atoms with Crippen LogP contribution in [-0.2, 0) is 4.79 Å². The van der Waals surface area contributed by atoms with Crippen LogP contribution in [0.1, 0.15) is 40.0 Å². The lowest BCUT2D eigenvalue weighted by atomic mass is 9.88. The van der Waals surface area contributed by atoms with Crippen LogP contribution in [0.5, 0.6) is 0 Å². The smallest absolute Gasteiger partial charge is 0.222 e. The Morgan fingerprint density at radius 1 is 1.42 bits per heavy atom. The highest BCUT2D eigenvalue weighted by molar-refractivity contribution is 5.78. The van der Waals surface area contributed by atoms with Gasteiger partial charge in [0.2, 0.25) is 5.91 Å². The molecule has 110 valence electrons. The minimum absolute atomic E-state index is 0.0986. The summed E-state index contributed by atoms with van der Waals surface area (Å²) in [5.41, 5.74) is 0.452. The Bertz CT molecular complexity index is 303. The molecule has 2 rings (SSSR count). The van der Waals surface area contributed by atoms with E-state index in [2.05, 4.69) is 22.5 Å². The van der Waals surface area contributed by atoms with E-state index in [1.54, 1.807) is 0 Å². The molecule has 1 amide bonds. The van der Waals surface area contributed by atoms with E-state index in [0.29, 0.717) is 11.5 Å². The summed E-state index contributed by atoms with van der Waals surface area (Å²) in [5, 5.41) is 6.63. The van der Waals surface area contributed by atoms with Crippen molar-refractivity contribution in [3.05, 3.63) is 0 Å². The Labute approximate surface area is 117 Å². The monoisotopic (exact) mass is 267 g/mol. The van der Waals surface area contributed by atoms with Gasteiger partial charge in [-0.25, -0.2) is 0 Å². The zero-order chi connectivity index (χ0) is 13.9. The zero-order valence-electron chi connectivity index (χ0n) is 12.7. The van der Waals surface area contributed by atoms with E-state index >= 15 is 0 Å². The van der Waals surface area contributed by atoms with Gasteiger partial charge >= 0.3 is 0 Å². The highest BCUT2D eigenvalue weighted by Gasteiger charge is 2.32. The van der Waals surface area contributed by atoms with Crippen LogP contribution in [0.25, 0.3) is 0 Å². The summed E-state index contributed by atoms with van der Waals surface area (Å²) in [6.07, 6.45) is 3.49. The molecular formula is C15H29N3O. The molecular weight excluding hydrogens is 238 g/mol. The molecule has 2 saturated heterocycles. The molecule has 0 spiro atoms. The number of nitrogens with one attached hydrogen (secondary N) is 2. The predicted octanol–water partition coefficient (Wildman–Crippen LogP) is 1.22. The van der Waals surface area contributed by atoms with E-state index in [1.165, 1.54) is 13.0 Å². The Balaban J connectivity index is 1.72. The normalized spacial score (nSPS) is 29.9. The van der Waals surface area contributed by atoms with Crippen LogP contribution in [0, 0.1) is 11.3 Å². The minimum Gasteiger partial charge on any atom is -0.353 e. The van der Waals surface area contributed by atoms with Crippen LogP contribution in [0.15, 0.2) is 0 Å². The average molecular weight is 267 g/mol. The molecule has 0 aromatic rings. The average Bonchev–Trinajstić information content (AvgIpc) is 2.78. The number of amides is 1. The number of hydrogen-bond donors (Lipinski definition) is 2. The number of carbonyl (C=O) groups is 1. The van der Waals surface area contributed by atoms with E-state index in [0.717, 1.165) is 39.0 Å². The summed E-state index contributed by atoms with van der Waals surface area (Å²) in [5.74, 6) is 0.298. The Hall–Kier alpha value is -0.610. The van der Waals surface area contributed by atoms with Crippen LogP contribution in [0.3, 0.4) is 0 Å². The van der Waals surface area contributed by atoms with E-state index in [1.807, 2.05) is 13.8 Å². The molecule has 4 heteroatoms. The molecule has 2 aliphatic rings. The Morgan fingerprint density at radius 2 is 2.11 bits per heavy atom. The summed E-state index contributed by atoms with van der Waals surface area (Å²) in [6.45, 7) is 12.1. The van der Waals surface area contributed by atoms with Gasteiger partial charge in [-0.2, -0.15) is 0 Å². The van der Waals surface area contributed by atoms with Crippen molar-refractivity contribution in [2.24, 2.45) is 11.3 Å². The van der Waals surface area contributed by atoms with Gasteiger partial charge in [0.05, 0.1) is 0 Å². The van der Waals surface area contributed by atoms with Crippen molar-refractivity contribution in [2.45, 2.75) is 46.1 Å². The quantitative estimate of drug-likeness (QED) is 0.805. The van der Waals surface area contributed by atoms with E-state index in [9.17, 15) is 4.79 Å². The minimum atomic E-state index is 0.0986. The van der Waals surface area contributed by atoms with Gasteiger partial charge in [0.15, 0.2) is 0 Å². The number of nitrogens with zero attached hydrogens (tertiary/aromatic N) is 1. The first kappa shape index (κ1) is 14.8. The lowest BCUT2D eigenvalue weighted by Gasteiger charge is -2.37. The molecule has 4 nitrogen and oxygen atoms in total. The highest BCUT2D eigenvalue weighted by Crippen LogP contribution is 2.27. The van der Waals surface area contributed by atoms with Crippen LogP contribution < -0.4 is 10.6 Å². The molecule has 2 N–H and O–H groups in total. The molecule has 0 radical (unpaired) electrons. The number of likely N-dealkylation sites (tertiary alicyclic amines) is 1. The number of rotatable bonds is 4. The Morgan fingerprint density at radius 3 is 2.63 bits per heavy atom. The summed E-state index contributed by atoms with van der Waals surface area (Å²) >= 11 is 0. The van der Waals surface area contributed by atoms with Crippen LogP contribution in [-0.4, -0.2) is 49.6 Å². The van der Waals surface area contributed by atoms with Crippen molar-refractivity contribution in [3.8, 4) is 0 Å². The predicted molar refractivity (Wildman–Crippen MR) is 78.0 cm³/mol. The maximum absolute atomic E-state index is 11.7. The number of carbonyl (C=O) groups excluding carboxylic acids is 1. The fourth-order valence-corrected chi connectivity index (χ4v) is 3.15. The summed E-state index contributed by atoms with van der Waals surface area (Å²) in [6, 6.07) is 0.389. The van der Waals surface area contributed by atoms with Gasteiger partial charge in [-0.3, -0.25) is 4.79 Å². The topological polar surface area (TPSA) is 44.4 Å². The summed E-state index contributed by atoms with van der Waals surface area (Å²) in [7, 11) is 0. The first-order valence-corrected chi connectivity index (χ1v) is 7.72. The molecule has 2 fully saturated rings. The molecule has 19 heavy (non-hydrogen) atoms. The molecule has 0 aromatic carbocycles. The van der Waals surface area contributed by atoms with Crippen molar-refractivity contribution in [3.63, 3.8) is 0 Å². The van der Waals surface area contributed by atoms with Crippen molar-refractivity contribution in [1.82, 2.24) is 15.5 Å². The molecule has 1 unspecified atom stereocenters. The molecule has 0 aliphatic carbocycles. The number of piperidine rings is 1. The van der Waals surface area contributed by atoms with Gasteiger partial charge < -0.3 is 15.5 Å². The fraction of sp³-hybridized carbons (Fsp3) is 0.933. The van der Waals surface area contributed by atoms with Gasteiger partial charge in [-0.05, 0) is 31.2 Å². The van der Waals surface area contributed by atoms with E-state index in [4.69, 9.17) is 0 Å². The molecule has 0 bridgehead atoms. The second-order valence-corrected chi connectivity index (χ2v) is 6.95. The lowest BCUT2D eigenvalue weighted by molar-refractivity contribution is -0.125. The second-order valence-electron chi connectivity index (χ2n) is 6.95. The van der Waals surface area contributed by atoms with Gasteiger partial charge in [0.25, 0.3) is 0 Å². The van der Waals surface area contributed by atoms with E-state index in [-0.39, 0.29) is 11.8 Å². The second kappa shape index (κ2) is 6.23. The van der Waals surface area contributed by atoms with Crippen LogP contribution >= 0.6 is 0 Å². The Kier molecular flexibility index (Phi) is 4.85. The van der Waals surface area contributed by atoms with Crippen molar-refractivity contribution >= 4 is 5.91 Å². The molecule has 2 aliphatic heterocycles. The third kappa shape index (κ3) is 4.18. The van der Waals surface area contributed by atoms with Crippen LogP contribution in [0.2, 0.25) is 0 Å². The van der Waals surface area contributed by atoms with Gasteiger partial charge in [-0.15, -0.1) is 0 Å². The van der Waals surface area contributed by atoms with E-state index < -0.39 is 0 Å². The first-order valence-electron chi connectivity index (χ1n) is 7.72. The van der Waals surface area contributed by atoms with Crippen LogP contribution in [0.4, 0.5) is 0 Å². The first-order chi connectivity index (χ1) is 8.98. The fourth-order valence-electron chi connectivity index (χ4n) is 3.15. The summed E-state index contributed by atoms with van der Waals surface area (Å²) < 4.78 is 0. The molecule has 0 aromatic heterocycles. The largest absolute Gasteiger partial charge is 0.353 e. The van der Waals surface area contributed by atoms with Crippen molar-refractivity contribution < 1.29 is 4.79 Å². The molecule has 2 heterocycles. The molecule has 0 saturated carbocycles. The van der Waals surface area contributed by atoms with Gasteiger partial charge in [0.1, 0.15) is 0 Å². The number of hydrogen-bond acceptors (Lipinski definition) is 3. The third-order valence-corrected chi connectivity index (χ3v) is 4.52. The van der Waals surface area contributed by atoms with Crippen molar-refractivity contribution in [1.29, 1.82) is 0 Å². The maximum Gasteiger partial charge on any atom is 0.222 e. The SMILES string of the molecule is CC(C)C(=O)NC1CCN(CC2(C)CCNC2)CC1. The lowest BCUT2D eigenvalue weighted by Crippen LogP contribution is -2.48. The maximum atomic E-state index is 11.7. The molecule has 1 atom stereocenters. The standard InChI is InChI=1S/C15H29N3O/c1-12(2)14(19)17-13-4-8-18(9-5-13)11-15(3)6-7-16-10-15/h12-13,16H,4-11H2,1-3H3,(H,17,19).